The van der Waals surface area contributed by atoms with Crippen LogP contribution in [0.5, 0.6) is 0 Å². The third-order valence-electron chi connectivity index (χ3n) is 6.31. The molecule has 4 rings (SSSR count). The van der Waals surface area contributed by atoms with Crippen LogP contribution in [-0.4, -0.2) is 46.8 Å². The van der Waals surface area contributed by atoms with Gasteiger partial charge in [0.15, 0.2) is 0 Å². The van der Waals surface area contributed by atoms with Crippen LogP contribution in [0.1, 0.15) is 37.7 Å². The topological polar surface area (TPSA) is 50.2 Å². The van der Waals surface area contributed by atoms with Gasteiger partial charge in [-0.15, -0.1) is 0 Å². The van der Waals surface area contributed by atoms with Crippen LogP contribution >= 0.6 is 0 Å². The zero-order valence-electron chi connectivity index (χ0n) is 18.1. The number of nitrogens with zero attached hydrogens (tertiary/aromatic N) is 3. The molecule has 3 aromatic rings. The molecule has 1 fully saturated rings. The molecule has 5 nitrogen and oxygen atoms in total. The number of likely N-dealkylation sites (N-methyl/N-ethyl adjacent to an activating group) is 1. The van der Waals surface area contributed by atoms with E-state index in [2.05, 4.69) is 71.8 Å². The standard InChI is InChI=1S/C25H32N4O/c1-19-8-10-20(11-9-19)21-12-13-22-17-27-29(24(22)16-21)18-25(30)26-14-15-28(2)23-6-4-3-5-7-23/h8-13,16-17,23H,3-7,14-15,18H2,1-2H3,(H,26,30). The number of hydrogen-bond acceptors (Lipinski definition) is 3. The Labute approximate surface area is 179 Å². The highest BCUT2D eigenvalue weighted by molar-refractivity contribution is 5.86. The molecular weight excluding hydrogens is 372 g/mol. The van der Waals surface area contributed by atoms with Gasteiger partial charge in [0, 0.05) is 24.5 Å². The van der Waals surface area contributed by atoms with Gasteiger partial charge in [-0.25, -0.2) is 0 Å². The average molecular weight is 405 g/mol. The fourth-order valence-corrected chi connectivity index (χ4v) is 4.39. The second-order valence-corrected chi connectivity index (χ2v) is 8.56. The first-order valence-electron chi connectivity index (χ1n) is 11.1. The van der Waals surface area contributed by atoms with Gasteiger partial charge in [0.2, 0.25) is 5.91 Å². The summed E-state index contributed by atoms with van der Waals surface area (Å²) in [6.07, 6.45) is 8.43. The number of fused-ring (bicyclic) bond motifs is 1. The molecule has 5 heteroatoms. The number of aromatic nitrogens is 2. The van der Waals surface area contributed by atoms with E-state index in [0.29, 0.717) is 12.6 Å². The van der Waals surface area contributed by atoms with Crippen molar-refractivity contribution in [1.82, 2.24) is 20.0 Å². The van der Waals surface area contributed by atoms with Gasteiger partial charge in [-0.3, -0.25) is 9.48 Å². The largest absolute Gasteiger partial charge is 0.353 e. The van der Waals surface area contributed by atoms with Gasteiger partial charge in [-0.2, -0.15) is 5.10 Å². The van der Waals surface area contributed by atoms with E-state index < -0.39 is 0 Å². The van der Waals surface area contributed by atoms with Gasteiger partial charge >= 0.3 is 0 Å². The summed E-state index contributed by atoms with van der Waals surface area (Å²) < 4.78 is 1.80. The maximum Gasteiger partial charge on any atom is 0.241 e. The monoisotopic (exact) mass is 404 g/mol. The SMILES string of the molecule is Cc1ccc(-c2ccc3cnn(CC(=O)NCCN(C)C4CCCCC4)c3c2)cc1. The Morgan fingerprint density at radius 1 is 1.10 bits per heavy atom. The minimum atomic E-state index is 0.0118. The Morgan fingerprint density at radius 2 is 1.83 bits per heavy atom. The summed E-state index contributed by atoms with van der Waals surface area (Å²) in [7, 11) is 2.18. The van der Waals surface area contributed by atoms with Crippen LogP contribution in [0, 0.1) is 6.92 Å². The highest BCUT2D eigenvalue weighted by Gasteiger charge is 2.17. The summed E-state index contributed by atoms with van der Waals surface area (Å²) in [6.45, 7) is 3.91. The van der Waals surface area contributed by atoms with Crippen LogP contribution in [0.3, 0.4) is 0 Å². The fraction of sp³-hybridized carbons (Fsp3) is 0.440. The lowest BCUT2D eigenvalue weighted by molar-refractivity contribution is -0.121. The molecule has 0 radical (unpaired) electrons. The lowest BCUT2D eigenvalue weighted by Crippen LogP contribution is -2.40. The van der Waals surface area contributed by atoms with E-state index >= 15 is 0 Å². The van der Waals surface area contributed by atoms with E-state index in [1.807, 2.05) is 6.20 Å². The first-order valence-corrected chi connectivity index (χ1v) is 11.1. The molecule has 1 aromatic heterocycles. The van der Waals surface area contributed by atoms with Crippen LogP contribution in [0.2, 0.25) is 0 Å². The molecule has 158 valence electrons. The van der Waals surface area contributed by atoms with Crippen LogP contribution < -0.4 is 5.32 Å². The Kier molecular flexibility index (Phi) is 6.48. The van der Waals surface area contributed by atoms with Crippen molar-refractivity contribution in [2.45, 2.75) is 51.6 Å². The molecule has 0 saturated heterocycles. The number of rotatable bonds is 7. The first-order chi connectivity index (χ1) is 14.6. The molecule has 1 amide bonds. The number of amides is 1. The summed E-state index contributed by atoms with van der Waals surface area (Å²) in [6, 6.07) is 15.5. The highest BCUT2D eigenvalue weighted by Crippen LogP contribution is 2.25. The van der Waals surface area contributed by atoms with Crippen LogP contribution in [0.15, 0.2) is 48.7 Å². The number of carbonyl (C=O) groups excluding carboxylic acids is 1. The molecule has 1 aliphatic carbocycles. The predicted molar refractivity (Wildman–Crippen MR) is 122 cm³/mol. The zero-order valence-corrected chi connectivity index (χ0v) is 18.1. The minimum Gasteiger partial charge on any atom is -0.353 e. The molecule has 2 aromatic carbocycles. The second-order valence-electron chi connectivity index (χ2n) is 8.56. The van der Waals surface area contributed by atoms with Crippen molar-refractivity contribution in [2.75, 3.05) is 20.1 Å². The van der Waals surface area contributed by atoms with Gasteiger partial charge in [-0.1, -0.05) is 61.2 Å². The van der Waals surface area contributed by atoms with E-state index in [4.69, 9.17) is 0 Å². The van der Waals surface area contributed by atoms with Crippen LogP contribution in [0.25, 0.3) is 22.0 Å². The second kappa shape index (κ2) is 9.43. The highest BCUT2D eigenvalue weighted by atomic mass is 16.2. The first kappa shape index (κ1) is 20.6. The van der Waals surface area contributed by atoms with Gasteiger partial charge in [0.05, 0.1) is 11.7 Å². The van der Waals surface area contributed by atoms with Crippen molar-refractivity contribution in [3.8, 4) is 11.1 Å². The molecule has 0 spiro atoms. The molecule has 30 heavy (non-hydrogen) atoms. The van der Waals surface area contributed by atoms with Crippen molar-refractivity contribution in [2.24, 2.45) is 0 Å². The Morgan fingerprint density at radius 3 is 2.60 bits per heavy atom. The zero-order chi connectivity index (χ0) is 20.9. The molecule has 1 heterocycles. The van der Waals surface area contributed by atoms with E-state index in [1.54, 1.807) is 4.68 Å². The lowest BCUT2D eigenvalue weighted by Gasteiger charge is -2.31. The molecule has 0 atom stereocenters. The summed E-state index contributed by atoms with van der Waals surface area (Å²) in [5, 5.41) is 8.56. The molecular formula is C25H32N4O. The van der Waals surface area contributed by atoms with Crippen molar-refractivity contribution in [3.63, 3.8) is 0 Å². The van der Waals surface area contributed by atoms with Gasteiger partial charge in [0.1, 0.15) is 6.54 Å². The van der Waals surface area contributed by atoms with Crippen molar-refractivity contribution < 1.29 is 4.79 Å². The molecule has 1 saturated carbocycles. The van der Waals surface area contributed by atoms with Gasteiger partial charge in [-0.05, 0) is 44.0 Å². The van der Waals surface area contributed by atoms with Crippen molar-refractivity contribution in [3.05, 3.63) is 54.2 Å². The molecule has 0 aliphatic heterocycles. The summed E-state index contributed by atoms with van der Waals surface area (Å²) in [5.41, 5.74) is 4.54. The Bertz CT molecular complexity index is 986. The van der Waals surface area contributed by atoms with Gasteiger partial charge < -0.3 is 10.2 Å². The lowest BCUT2D eigenvalue weighted by atomic mass is 9.94. The summed E-state index contributed by atoms with van der Waals surface area (Å²) >= 11 is 0. The van der Waals surface area contributed by atoms with E-state index in [0.717, 1.165) is 23.0 Å². The number of benzene rings is 2. The summed E-state index contributed by atoms with van der Waals surface area (Å²) in [4.78, 5) is 14.9. The third-order valence-corrected chi connectivity index (χ3v) is 6.31. The van der Waals surface area contributed by atoms with E-state index in [9.17, 15) is 4.79 Å². The van der Waals surface area contributed by atoms with Crippen molar-refractivity contribution >= 4 is 16.8 Å². The van der Waals surface area contributed by atoms with E-state index in [1.165, 1.54) is 43.2 Å². The maximum absolute atomic E-state index is 12.5. The maximum atomic E-state index is 12.5. The average Bonchev–Trinajstić information content (AvgIpc) is 3.16. The Balaban J connectivity index is 1.36. The normalized spacial score (nSPS) is 15.0. The molecule has 1 aliphatic rings. The number of aryl methyl sites for hydroxylation is 1. The fourth-order valence-electron chi connectivity index (χ4n) is 4.39. The third kappa shape index (κ3) is 4.90. The molecule has 0 bridgehead atoms. The van der Waals surface area contributed by atoms with Crippen molar-refractivity contribution in [1.29, 1.82) is 0 Å². The van der Waals surface area contributed by atoms with Crippen LogP contribution in [0.4, 0.5) is 0 Å². The predicted octanol–water partition coefficient (Wildman–Crippen LogP) is 4.39. The smallest absolute Gasteiger partial charge is 0.241 e. The van der Waals surface area contributed by atoms with Crippen LogP contribution in [-0.2, 0) is 11.3 Å². The number of carbonyl (C=O) groups is 1. The molecule has 1 N–H and O–H groups in total. The minimum absolute atomic E-state index is 0.0118. The van der Waals surface area contributed by atoms with E-state index in [-0.39, 0.29) is 12.5 Å². The summed E-state index contributed by atoms with van der Waals surface area (Å²) in [5.74, 6) is 0.0118. The Hall–Kier alpha value is -2.66. The molecule has 0 unspecified atom stereocenters. The quantitative estimate of drug-likeness (QED) is 0.635. The number of nitrogens with one attached hydrogen (secondary N) is 1. The van der Waals surface area contributed by atoms with Gasteiger partial charge in [0.25, 0.3) is 0 Å². The number of hydrogen-bond donors (Lipinski definition) is 1.